The molecule has 0 aliphatic carbocycles. The summed E-state index contributed by atoms with van der Waals surface area (Å²) in [6.45, 7) is 2.53. The van der Waals surface area contributed by atoms with Crippen molar-refractivity contribution in [1.82, 2.24) is 0 Å². The molecule has 6 aromatic rings. The molecule has 3 heterocycles. The molecule has 0 unspecified atom stereocenters. The maximum atomic E-state index is 11.5. The van der Waals surface area contributed by atoms with Crippen molar-refractivity contribution in [2.45, 2.75) is 21.6 Å². The fraction of sp³-hybridized carbons (Fsp3) is 0.163. The first-order chi connectivity index (χ1) is 29.8. The fourth-order valence-corrected chi connectivity index (χ4v) is 8.19. The molecule has 3 aliphatic rings. The van der Waals surface area contributed by atoms with Crippen LogP contribution in [0.5, 0.6) is 34.5 Å². The molecule has 0 saturated heterocycles. The van der Waals surface area contributed by atoms with Crippen molar-refractivity contribution in [3.05, 3.63) is 115 Å². The molecule has 3 aliphatic heterocycles. The Morgan fingerprint density at radius 2 is 0.698 bits per heavy atom. The molecule has 7 N–H and O–H groups in total. The van der Waals surface area contributed by atoms with Gasteiger partial charge in [-0.1, -0.05) is 0 Å². The van der Waals surface area contributed by atoms with Gasteiger partial charge in [-0.25, -0.2) is 25.3 Å². The van der Waals surface area contributed by atoms with E-state index in [-0.39, 0.29) is 30.2 Å². The van der Waals surface area contributed by atoms with E-state index in [1.807, 2.05) is 37.3 Å². The number of rotatable bonds is 9. The standard InChI is InChI=1S/C15H15NO4S.2C14H14N2O4S/c1-10-7-12(21(2,17)18)4-5-13(10)16-11-3-6-14-15(8-11)20-9-19-14;2*1-21(17,18)10-3-4-12(11(15)7-10)16-9-2-5-13-14(6-9)20-8-19-13/h3-8,16H,9H2,1-2H3;2*2-7,16H,8,15H2,1H3. The molecule has 0 atom stereocenters. The molecule has 20 heteroatoms. The summed E-state index contributed by atoms with van der Waals surface area (Å²) in [5.74, 6) is 4.13. The van der Waals surface area contributed by atoms with Gasteiger partial charge in [0, 0.05) is 59.7 Å². The van der Waals surface area contributed by atoms with Crippen molar-refractivity contribution in [2.75, 3.05) is 66.6 Å². The van der Waals surface area contributed by atoms with Crippen molar-refractivity contribution in [1.29, 1.82) is 0 Å². The second-order valence-corrected chi connectivity index (χ2v) is 20.4. The second kappa shape index (κ2) is 17.8. The molecule has 0 fully saturated rings. The molecule has 63 heavy (non-hydrogen) atoms. The predicted molar refractivity (Wildman–Crippen MR) is 240 cm³/mol. The first-order valence-corrected chi connectivity index (χ1v) is 24.5. The minimum absolute atomic E-state index is 0.191. The summed E-state index contributed by atoms with van der Waals surface area (Å²) in [4.78, 5) is 0.698. The van der Waals surface area contributed by atoms with Crippen LogP contribution in [-0.2, 0) is 29.5 Å². The number of anilines is 8. The lowest BCUT2D eigenvalue weighted by atomic mass is 10.2. The first-order valence-electron chi connectivity index (χ1n) is 18.8. The van der Waals surface area contributed by atoms with Gasteiger partial charge in [0.1, 0.15) is 0 Å². The van der Waals surface area contributed by atoms with E-state index in [1.54, 1.807) is 54.6 Å². The van der Waals surface area contributed by atoms with Gasteiger partial charge in [-0.15, -0.1) is 0 Å². The minimum Gasteiger partial charge on any atom is -0.454 e. The third-order valence-corrected chi connectivity index (χ3v) is 12.8. The summed E-state index contributed by atoms with van der Waals surface area (Å²) in [5.41, 5.74) is 17.9. The topological polar surface area (TPSA) is 246 Å². The van der Waals surface area contributed by atoms with Gasteiger partial charge in [0.05, 0.1) is 37.4 Å². The zero-order valence-electron chi connectivity index (χ0n) is 34.3. The van der Waals surface area contributed by atoms with Crippen LogP contribution in [0.3, 0.4) is 0 Å². The number of ether oxygens (including phenoxy) is 6. The van der Waals surface area contributed by atoms with Crippen LogP contribution in [0.25, 0.3) is 0 Å². The molecular formula is C43H43N5O12S3. The molecule has 0 spiro atoms. The maximum absolute atomic E-state index is 11.5. The smallest absolute Gasteiger partial charge is 0.231 e. The van der Waals surface area contributed by atoms with Crippen molar-refractivity contribution in [3.63, 3.8) is 0 Å². The number of nitrogens with two attached hydrogens (primary N) is 2. The number of sulfone groups is 3. The molecule has 0 saturated carbocycles. The van der Waals surface area contributed by atoms with Gasteiger partial charge in [0.25, 0.3) is 0 Å². The van der Waals surface area contributed by atoms with E-state index in [2.05, 4.69) is 16.0 Å². The van der Waals surface area contributed by atoms with Gasteiger partial charge < -0.3 is 55.8 Å². The lowest BCUT2D eigenvalue weighted by Crippen LogP contribution is -2.01. The van der Waals surface area contributed by atoms with Crippen LogP contribution in [0.2, 0.25) is 0 Å². The van der Waals surface area contributed by atoms with Gasteiger partial charge in [0.15, 0.2) is 64.0 Å². The summed E-state index contributed by atoms with van der Waals surface area (Å²) in [6.07, 6.45) is 3.49. The highest BCUT2D eigenvalue weighted by Gasteiger charge is 2.18. The Kier molecular flexibility index (Phi) is 12.4. The van der Waals surface area contributed by atoms with E-state index < -0.39 is 29.5 Å². The lowest BCUT2D eigenvalue weighted by Gasteiger charge is -2.11. The lowest BCUT2D eigenvalue weighted by molar-refractivity contribution is 0.173. The molecule has 330 valence electrons. The average molecular weight is 918 g/mol. The highest BCUT2D eigenvalue weighted by atomic mass is 32.2. The summed E-state index contributed by atoms with van der Waals surface area (Å²) in [5, 5.41) is 9.50. The maximum Gasteiger partial charge on any atom is 0.231 e. The summed E-state index contributed by atoms with van der Waals surface area (Å²) in [6, 6.07) is 30.6. The van der Waals surface area contributed by atoms with Crippen LogP contribution >= 0.6 is 0 Å². The van der Waals surface area contributed by atoms with Crippen molar-refractivity contribution in [3.8, 4) is 34.5 Å². The Bertz CT molecular complexity index is 2730. The van der Waals surface area contributed by atoms with E-state index >= 15 is 0 Å². The Balaban J connectivity index is 0.000000142. The van der Waals surface area contributed by atoms with E-state index in [9.17, 15) is 25.3 Å². The highest BCUT2D eigenvalue weighted by molar-refractivity contribution is 7.91. The fourth-order valence-electron chi connectivity index (χ4n) is 6.17. The molecule has 9 rings (SSSR count). The Morgan fingerprint density at radius 3 is 1.02 bits per heavy atom. The van der Waals surface area contributed by atoms with Gasteiger partial charge >= 0.3 is 0 Å². The van der Waals surface area contributed by atoms with Gasteiger partial charge in [-0.2, -0.15) is 0 Å². The third-order valence-electron chi connectivity index (χ3n) is 9.48. The zero-order valence-corrected chi connectivity index (χ0v) is 36.7. The number of aryl methyl sites for hydroxylation is 1. The Labute approximate surface area is 364 Å². The van der Waals surface area contributed by atoms with E-state index in [1.165, 1.54) is 30.5 Å². The van der Waals surface area contributed by atoms with Crippen LogP contribution in [0.4, 0.5) is 45.5 Å². The number of hydrogen-bond donors (Lipinski definition) is 5. The zero-order chi connectivity index (χ0) is 45.1. The summed E-state index contributed by atoms with van der Waals surface area (Å²) < 4.78 is 101. The highest BCUT2D eigenvalue weighted by Crippen LogP contribution is 2.38. The van der Waals surface area contributed by atoms with E-state index in [0.29, 0.717) is 56.4 Å². The van der Waals surface area contributed by atoms with Crippen molar-refractivity contribution >= 4 is 75.0 Å². The second-order valence-electron chi connectivity index (χ2n) is 14.4. The number of nitrogens with one attached hydrogen (secondary N) is 3. The van der Waals surface area contributed by atoms with E-state index in [4.69, 9.17) is 39.9 Å². The Morgan fingerprint density at radius 1 is 0.397 bits per heavy atom. The predicted octanol–water partition coefficient (Wildman–Crippen LogP) is 7.16. The van der Waals surface area contributed by atoms with Crippen LogP contribution in [0.15, 0.2) is 124 Å². The Hall–Kier alpha value is -7.03. The molecule has 0 radical (unpaired) electrons. The molecular weight excluding hydrogens is 875 g/mol. The SMILES string of the molecule is CS(=O)(=O)c1ccc(Nc2ccc3c(c2)OCO3)c(N)c1.CS(=O)(=O)c1ccc(Nc2ccc3c(c2)OCO3)c(N)c1.Cc1cc(S(C)(=O)=O)ccc1Nc1ccc2c(c1)OCO2. The molecule has 0 bridgehead atoms. The minimum atomic E-state index is -3.27. The number of hydrogen-bond acceptors (Lipinski definition) is 17. The third kappa shape index (κ3) is 10.9. The van der Waals surface area contributed by atoms with Gasteiger partial charge in [-0.3, -0.25) is 0 Å². The van der Waals surface area contributed by atoms with Crippen LogP contribution in [0.1, 0.15) is 5.56 Å². The van der Waals surface area contributed by atoms with Crippen molar-refractivity contribution < 1.29 is 53.7 Å². The van der Waals surface area contributed by atoms with Crippen LogP contribution in [-0.4, -0.2) is 64.4 Å². The first kappa shape index (κ1) is 44.0. The van der Waals surface area contributed by atoms with Gasteiger partial charge in [0.2, 0.25) is 20.4 Å². The summed E-state index contributed by atoms with van der Waals surface area (Å²) in [7, 11) is -9.72. The largest absolute Gasteiger partial charge is 0.454 e. The molecule has 6 aromatic carbocycles. The molecule has 17 nitrogen and oxygen atoms in total. The normalized spacial score (nSPS) is 13.2. The molecule has 0 amide bonds. The number of fused-ring (bicyclic) bond motifs is 3. The van der Waals surface area contributed by atoms with Crippen molar-refractivity contribution in [2.24, 2.45) is 0 Å². The quantitative estimate of drug-likeness (QED) is 0.0903. The van der Waals surface area contributed by atoms with Crippen LogP contribution < -0.4 is 55.8 Å². The monoisotopic (exact) mass is 917 g/mol. The average Bonchev–Trinajstić information content (AvgIpc) is 4.01. The van der Waals surface area contributed by atoms with E-state index in [0.717, 1.165) is 46.6 Å². The molecule has 0 aromatic heterocycles. The number of nitrogen functional groups attached to an aromatic ring is 2. The summed E-state index contributed by atoms with van der Waals surface area (Å²) >= 11 is 0. The van der Waals surface area contributed by atoms with Crippen LogP contribution in [0, 0.1) is 6.92 Å². The van der Waals surface area contributed by atoms with Gasteiger partial charge in [-0.05, 0) is 103 Å². The number of benzene rings is 6.